The second-order valence-corrected chi connectivity index (χ2v) is 5.69. The smallest absolute Gasteiger partial charge is 0.339 e. The second-order valence-electron chi connectivity index (χ2n) is 4.09. The highest BCUT2D eigenvalue weighted by molar-refractivity contribution is 8.00. The molecule has 1 heterocycles. The molecule has 0 radical (unpaired) electrons. The van der Waals surface area contributed by atoms with Crippen LogP contribution in [0.1, 0.15) is 20.3 Å². The van der Waals surface area contributed by atoms with Crippen molar-refractivity contribution in [3.63, 3.8) is 0 Å². The molecule has 1 fully saturated rings. The van der Waals surface area contributed by atoms with Crippen LogP contribution in [0, 0.1) is 5.92 Å². The van der Waals surface area contributed by atoms with E-state index in [1.54, 1.807) is 6.92 Å². The number of ketones is 1. The minimum absolute atomic E-state index is 0.00615. The first-order valence-electron chi connectivity index (χ1n) is 5.46. The van der Waals surface area contributed by atoms with Gasteiger partial charge in [0.2, 0.25) is 0 Å². The van der Waals surface area contributed by atoms with E-state index in [9.17, 15) is 9.59 Å². The molecule has 4 nitrogen and oxygen atoms in total. The van der Waals surface area contributed by atoms with Crippen molar-refractivity contribution in [2.45, 2.75) is 25.6 Å². The molecule has 0 N–H and O–H groups in total. The zero-order valence-corrected chi connectivity index (χ0v) is 11.9. The first-order valence-corrected chi connectivity index (χ1v) is 6.92. The minimum atomic E-state index is -0.345. The van der Waals surface area contributed by atoms with Gasteiger partial charge in [-0.15, -0.1) is 11.8 Å². The van der Waals surface area contributed by atoms with E-state index in [1.165, 1.54) is 18.9 Å². The summed E-state index contributed by atoms with van der Waals surface area (Å²) in [6.45, 7) is 4.21. The van der Waals surface area contributed by atoms with Crippen LogP contribution in [0.15, 0.2) is 0 Å². The lowest BCUT2D eigenvalue weighted by atomic mass is 10.0. The van der Waals surface area contributed by atoms with E-state index in [2.05, 4.69) is 0 Å². The van der Waals surface area contributed by atoms with Crippen LogP contribution in [0.3, 0.4) is 0 Å². The highest BCUT2D eigenvalue weighted by Gasteiger charge is 2.35. The molecule has 2 atom stereocenters. The van der Waals surface area contributed by atoms with Crippen molar-refractivity contribution >= 4 is 40.7 Å². The van der Waals surface area contributed by atoms with Crippen LogP contribution in [0.25, 0.3) is 0 Å². The molecule has 0 aromatic rings. The topological polar surface area (TPSA) is 46.6 Å². The van der Waals surface area contributed by atoms with Gasteiger partial charge in [0.25, 0.3) is 0 Å². The summed E-state index contributed by atoms with van der Waals surface area (Å²) in [5.74, 6) is 0.687. The third-order valence-corrected chi connectivity index (χ3v) is 4.41. The van der Waals surface area contributed by atoms with Crippen LogP contribution < -0.4 is 0 Å². The SMILES string of the molecule is COC(=O)C1SCCN1C(=S)C(C)CC(C)=O. The fourth-order valence-electron chi connectivity index (χ4n) is 1.79. The van der Waals surface area contributed by atoms with E-state index in [1.807, 2.05) is 11.8 Å². The van der Waals surface area contributed by atoms with Gasteiger partial charge in [-0.1, -0.05) is 19.1 Å². The average Bonchev–Trinajstić information content (AvgIpc) is 2.74. The van der Waals surface area contributed by atoms with Gasteiger partial charge < -0.3 is 14.4 Å². The molecule has 0 aromatic heterocycles. The van der Waals surface area contributed by atoms with Crippen LogP contribution in [-0.4, -0.2) is 46.4 Å². The Kier molecular flexibility index (Phi) is 5.39. The normalized spacial score (nSPS) is 21.1. The summed E-state index contributed by atoms with van der Waals surface area (Å²) in [6, 6.07) is 0. The molecule has 0 aliphatic carbocycles. The standard InChI is InChI=1S/C11H17NO3S2/c1-7(6-8(2)13)9(16)12-4-5-17-10(12)11(14)15-3/h7,10H,4-6H2,1-3H3. The first kappa shape index (κ1) is 14.4. The molecule has 96 valence electrons. The van der Waals surface area contributed by atoms with Crippen molar-refractivity contribution < 1.29 is 14.3 Å². The number of methoxy groups -OCH3 is 1. The number of ether oxygens (including phenoxy) is 1. The maximum atomic E-state index is 11.6. The number of esters is 1. The van der Waals surface area contributed by atoms with Crippen molar-refractivity contribution in [2.24, 2.45) is 5.92 Å². The molecule has 0 spiro atoms. The van der Waals surface area contributed by atoms with Crippen molar-refractivity contribution in [2.75, 3.05) is 19.4 Å². The molecule has 6 heteroatoms. The predicted octanol–water partition coefficient (Wildman–Crippen LogP) is 1.48. The monoisotopic (exact) mass is 275 g/mol. The Morgan fingerprint density at radius 3 is 2.76 bits per heavy atom. The summed E-state index contributed by atoms with van der Waals surface area (Å²) < 4.78 is 4.75. The molecule has 1 saturated heterocycles. The molecule has 0 amide bonds. The molecule has 0 saturated carbocycles. The molecular formula is C11H17NO3S2. The quantitative estimate of drug-likeness (QED) is 0.572. The van der Waals surface area contributed by atoms with Gasteiger partial charge in [0.15, 0.2) is 5.37 Å². The number of carbonyl (C=O) groups excluding carboxylic acids is 2. The minimum Gasteiger partial charge on any atom is -0.467 e. The van der Waals surface area contributed by atoms with Crippen LogP contribution in [0.2, 0.25) is 0 Å². The predicted molar refractivity (Wildman–Crippen MR) is 72.0 cm³/mol. The van der Waals surface area contributed by atoms with Gasteiger partial charge in [0.05, 0.1) is 12.1 Å². The number of thioether (sulfide) groups is 1. The lowest BCUT2D eigenvalue weighted by Gasteiger charge is -2.27. The number of thiocarbonyl (C=S) groups is 1. The largest absolute Gasteiger partial charge is 0.467 e. The first-order chi connectivity index (χ1) is 7.97. The Labute approximate surface area is 111 Å². The summed E-state index contributed by atoms with van der Waals surface area (Å²) in [7, 11) is 1.38. The highest BCUT2D eigenvalue weighted by Crippen LogP contribution is 2.27. The van der Waals surface area contributed by atoms with E-state index >= 15 is 0 Å². The zero-order chi connectivity index (χ0) is 13.0. The Morgan fingerprint density at radius 1 is 1.59 bits per heavy atom. The maximum absolute atomic E-state index is 11.6. The number of carbonyl (C=O) groups is 2. The van der Waals surface area contributed by atoms with Crippen molar-refractivity contribution in [1.29, 1.82) is 0 Å². The molecule has 0 aromatic carbocycles. The van der Waals surface area contributed by atoms with Crippen LogP contribution in [-0.2, 0) is 14.3 Å². The molecule has 1 aliphatic rings. The van der Waals surface area contributed by atoms with E-state index in [-0.39, 0.29) is 23.0 Å². The average molecular weight is 275 g/mol. The molecule has 17 heavy (non-hydrogen) atoms. The fourth-order valence-corrected chi connectivity index (χ4v) is 3.30. The van der Waals surface area contributed by atoms with E-state index in [0.717, 1.165) is 12.3 Å². The van der Waals surface area contributed by atoms with E-state index < -0.39 is 0 Å². The van der Waals surface area contributed by atoms with Gasteiger partial charge in [-0.25, -0.2) is 4.79 Å². The molecule has 2 unspecified atom stereocenters. The lowest BCUT2D eigenvalue weighted by molar-refractivity contribution is -0.142. The Morgan fingerprint density at radius 2 is 2.24 bits per heavy atom. The summed E-state index contributed by atoms with van der Waals surface area (Å²) in [6.07, 6.45) is 0.424. The summed E-state index contributed by atoms with van der Waals surface area (Å²) in [5.41, 5.74) is 0. The van der Waals surface area contributed by atoms with Gasteiger partial charge in [-0.05, 0) is 6.92 Å². The number of hydrogen-bond acceptors (Lipinski definition) is 5. The molecule has 1 rings (SSSR count). The van der Waals surface area contributed by atoms with Crippen molar-refractivity contribution in [1.82, 2.24) is 4.90 Å². The maximum Gasteiger partial charge on any atom is 0.339 e. The Balaban J connectivity index is 2.67. The molecular weight excluding hydrogens is 258 g/mol. The van der Waals surface area contributed by atoms with Gasteiger partial charge in [0.1, 0.15) is 5.78 Å². The Bertz CT molecular complexity index is 333. The fraction of sp³-hybridized carbons (Fsp3) is 0.727. The molecule has 0 bridgehead atoms. The third kappa shape index (κ3) is 3.67. The molecule has 1 aliphatic heterocycles. The van der Waals surface area contributed by atoms with Crippen LogP contribution in [0.5, 0.6) is 0 Å². The number of Topliss-reactive ketones (excluding diaryl/α,β-unsaturated/α-hetero) is 1. The van der Waals surface area contributed by atoms with Gasteiger partial charge >= 0.3 is 5.97 Å². The number of rotatable bonds is 4. The highest BCUT2D eigenvalue weighted by atomic mass is 32.2. The van der Waals surface area contributed by atoms with Crippen molar-refractivity contribution in [3.05, 3.63) is 0 Å². The van der Waals surface area contributed by atoms with E-state index in [0.29, 0.717) is 11.4 Å². The van der Waals surface area contributed by atoms with Gasteiger partial charge in [-0.2, -0.15) is 0 Å². The summed E-state index contributed by atoms with van der Waals surface area (Å²) in [5, 5.41) is -0.345. The third-order valence-electron chi connectivity index (χ3n) is 2.59. The van der Waals surface area contributed by atoms with E-state index in [4.69, 9.17) is 17.0 Å². The van der Waals surface area contributed by atoms with Crippen LogP contribution in [0.4, 0.5) is 0 Å². The second kappa shape index (κ2) is 6.35. The van der Waals surface area contributed by atoms with Gasteiger partial charge in [0, 0.05) is 24.6 Å². The Hall–Kier alpha value is -0.620. The van der Waals surface area contributed by atoms with Crippen molar-refractivity contribution in [3.8, 4) is 0 Å². The summed E-state index contributed by atoms with van der Waals surface area (Å²) in [4.78, 5) is 25.2. The number of nitrogens with zero attached hydrogens (tertiary/aromatic N) is 1. The van der Waals surface area contributed by atoms with Crippen LogP contribution >= 0.6 is 24.0 Å². The van der Waals surface area contributed by atoms with Gasteiger partial charge in [-0.3, -0.25) is 0 Å². The lowest BCUT2D eigenvalue weighted by Crippen LogP contribution is -2.41. The summed E-state index contributed by atoms with van der Waals surface area (Å²) >= 11 is 6.88. The number of hydrogen-bond donors (Lipinski definition) is 0. The zero-order valence-electron chi connectivity index (χ0n) is 10.3.